The predicted molar refractivity (Wildman–Crippen MR) is 200 cm³/mol. The van der Waals surface area contributed by atoms with Crippen molar-refractivity contribution in [2.45, 2.75) is 63.4 Å². The Morgan fingerprint density at radius 1 is 1.07 bits per heavy atom. The highest BCUT2D eigenvalue weighted by atomic mass is 19.1. The molecule has 56 heavy (non-hydrogen) atoms. The molecule has 0 spiro atoms. The molecule has 4 aliphatic heterocycles. The minimum atomic E-state index is -1.39. The van der Waals surface area contributed by atoms with Crippen molar-refractivity contribution in [3.63, 3.8) is 0 Å². The fourth-order valence-corrected chi connectivity index (χ4v) is 8.10. The normalized spacial score (nSPS) is 20.2. The smallest absolute Gasteiger partial charge is 0.262 e. The molecule has 3 aromatic heterocycles. The molecule has 5 amide bonds. The Hall–Kier alpha value is -6.23. The molecule has 3 fully saturated rings. The van der Waals surface area contributed by atoms with E-state index >= 15 is 4.39 Å². The minimum absolute atomic E-state index is 0.0508. The van der Waals surface area contributed by atoms with Gasteiger partial charge in [0, 0.05) is 87.7 Å². The number of nitrogens with one attached hydrogen (secondary N) is 2. The molecule has 3 saturated heterocycles. The Kier molecular flexibility index (Phi) is 8.56. The van der Waals surface area contributed by atoms with Gasteiger partial charge >= 0.3 is 0 Å². The third-order valence-electron chi connectivity index (χ3n) is 11.0. The highest BCUT2D eigenvalue weighted by Gasteiger charge is 2.45. The number of hydrogen-bond donors (Lipinski definition) is 2. The van der Waals surface area contributed by atoms with E-state index in [1.807, 2.05) is 41.8 Å². The lowest BCUT2D eigenvalue weighted by molar-refractivity contribution is -0.136. The molecule has 0 bridgehead atoms. The number of amides is 5. The maximum atomic E-state index is 16.3. The number of hydrogen-bond acceptors (Lipinski definition) is 11. The standard InChI is InChI=1S/C39H39FN10O6/c1-22(2)56-32-16-29-23(14-30(32)43-35(52)28-17-42-48-11-3-10-41-34(28)48)18-49(45-29)25-19-46(20-25)21-39(40)8-12-47(13-9-39)24-4-5-26-27(15-24)38(55)50(37(26)54)31-6-7-33(51)44-36(31)53/h3-5,10-11,14-18,22,25,31H,6-9,12-13,19-21H2,1-2H3,(H,43,52)(H,44,51,53). The zero-order valence-corrected chi connectivity index (χ0v) is 30.8. The second-order valence-corrected chi connectivity index (χ2v) is 15.2. The third kappa shape index (κ3) is 6.30. The van der Waals surface area contributed by atoms with Crippen molar-refractivity contribution in [3.05, 3.63) is 77.9 Å². The van der Waals surface area contributed by atoms with Gasteiger partial charge in [0.05, 0.1) is 40.7 Å². The number of likely N-dealkylation sites (tertiary alicyclic amines) is 1. The lowest BCUT2D eigenvalue weighted by Crippen LogP contribution is -2.55. The molecule has 2 aromatic carbocycles. The molecule has 288 valence electrons. The van der Waals surface area contributed by atoms with Crippen molar-refractivity contribution in [2.75, 3.05) is 42.9 Å². The Labute approximate surface area is 319 Å². The largest absolute Gasteiger partial charge is 0.489 e. The summed E-state index contributed by atoms with van der Waals surface area (Å²) in [4.78, 5) is 73.1. The van der Waals surface area contributed by atoms with Crippen LogP contribution in [0, 0.1) is 0 Å². The number of rotatable bonds is 9. The number of imide groups is 2. The van der Waals surface area contributed by atoms with Gasteiger partial charge in [0.15, 0.2) is 5.65 Å². The van der Waals surface area contributed by atoms with Gasteiger partial charge in [0.1, 0.15) is 23.0 Å². The topological polar surface area (TPSA) is 176 Å². The molecule has 4 aliphatic rings. The average Bonchev–Trinajstić information content (AvgIpc) is 3.84. The van der Waals surface area contributed by atoms with Crippen LogP contribution >= 0.6 is 0 Å². The summed E-state index contributed by atoms with van der Waals surface area (Å²) in [6.45, 7) is 6.24. The van der Waals surface area contributed by atoms with E-state index in [0.717, 1.165) is 10.3 Å². The molecule has 1 atom stereocenters. The van der Waals surface area contributed by atoms with Gasteiger partial charge in [-0.15, -0.1) is 0 Å². The fraction of sp³-hybridized carbons (Fsp3) is 0.385. The van der Waals surface area contributed by atoms with E-state index in [1.54, 1.807) is 36.7 Å². The van der Waals surface area contributed by atoms with Gasteiger partial charge in [0.2, 0.25) is 11.8 Å². The number of alkyl halides is 1. The second-order valence-electron chi connectivity index (χ2n) is 15.2. The van der Waals surface area contributed by atoms with Crippen molar-refractivity contribution >= 4 is 57.5 Å². The molecule has 5 aromatic rings. The summed E-state index contributed by atoms with van der Waals surface area (Å²) in [7, 11) is 0. The lowest BCUT2D eigenvalue weighted by atomic mass is 9.90. The van der Waals surface area contributed by atoms with Gasteiger partial charge in [-0.1, -0.05) is 0 Å². The van der Waals surface area contributed by atoms with Crippen molar-refractivity contribution in [1.82, 2.24) is 39.5 Å². The fourth-order valence-electron chi connectivity index (χ4n) is 8.10. The maximum Gasteiger partial charge on any atom is 0.262 e. The summed E-state index contributed by atoms with van der Waals surface area (Å²) in [5.41, 5.74) is 1.73. The van der Waals surface area contributed by atoms with Crippen LogP contribution in [0.3, 0.4) is 0 Å². The van der Waals surface area contributed by atoms with Gasteiger partial charge in [-0.25, -0.2) is 13.9 Å². The molecule has 2 N–H and O–H groups in total. The van der Waals surface area contributed by atoms with Crippen molar-refractivity contribution in [2.24, 2.45) is 0 Å². The highest BCUT2D eigenvalue weighted by molar-refractivity contribution is 6.23. The summed E-state index contributed by atoms with van der Waals surface area (Å²) in [6.07, 6.45) is 7.33. The number of aromatic nitrogens is 5. The van der Waals surface area contributed by atoms with Crippen LogP contribution in [-0.2, 0) is 9.59 Å². The van der Waals surface area contributed by atoms with Crippen LogP contribution in [0.1, 0.15) is 76.6 Å². The number of anilines is 2. The maximum absolute atomic E-state index is 16.3. The van der Waals surface area contributed by atoms with Crippen LogP contribution in [0.2, 0.25) is 0 Å². The first kappa shape index (κ1) is 35.5. The molecule has 16 nitrogen and oxygen atoms in total. The zero-order chi connectivity index (χ0) is 38.9. The number of carbonyl (C=O) groups is 5. The van der Waals surface area contributed by atoms with Gasteiger partial charge in [0.25, 0.3) is 17.7 Å². The van der Waals surface area contributed by atoms with Crippen LogP contribution in [0.15, 0.2) is 61.2 Å². The Morgan fingerprint density at radius 2 is 1.86 bits per heavy atom. The van der Waals surface area contributed by atoms with E-state index in [-0.39, 0.29) is 48.6 Å². The number of carbonyl (C=O) groups excluding carboxylic acids is 5. The molecule has 0 radical (unpaired) electrons. The Bertz CT molecular complexity index is 2450. The molecular formula is C39H39FN10O6. The monoisotopic (exact) mass is 762 g/mol. The molecule has 17 heteroatoms. The summed E-state index contributed by atoms with van der Waals surface area (Å²) < 4.78 is 25.8. The van der Waals surface area contributed by atoms with E-state index in [2.05, 4.69) is 25.6 Å². The van der Waals surface area contributed by atoms with Crippen LogP contribution < -0.4 is 20.3 Å². The van der Waals surface area contributed by atoms with E-state index in [4.69, 9.17) is 9.84 Å². The molecule has 9 rings (SSSR count). The van der Waals surface area contributed by atoms with Gasteiger partial charge in [-0.2, -0.15) is 10.2 Å². The van der Waals surface area contributed by atoms with E-state index in [0.29, 0.717) is 72.9 Å². The van der Waals surface area contributed by atoms with Crippen molar-refractivity contribution < 1.29 is 33.1 Å². The highest BCUT2D eigenvalue weighted by Crippen LogP contribution is 2.37. The third-order valence-corrected chi connectivity index (χ3v) is 11.0. The van der Waals surface area contributed by atoms with E-state index in [1.165, 1.54) is 10.7 Å². The minimum Gasteiger partial charge on any atom is -0.489 e. The number of piperidine rings is 2. The first-order valence-corrected chi connectivity index (χ1v) is 18.7. The number of nitrogens with zero attached hydrogens (tertiary/aromatic N) is 8. The van der Waals surface area contributed by atoms with Crippen LogP contribution in [0.25, 0.3) is 16.6 Å². The number of ether oxygens (including phenoxy) is 1. The molecule has 0 aliphatic carbocycles. The second kappa shape index (κ2) is 13.5. The summed E-state index contributed by atoms with van der Waals surface area (Å²) in [5, 5.41) is 15.0. The summed E-state index contributed by atoms with van der Waals surface area (Å²) >= 11 is 0. The molecule has 1 unspecified atom stereocenters. The van der Waals surface area contributed by atoms with Crippen molar-refractivity contribution in [1.29, 1.82) is 0 Å². The Balaban J connectivity index is 0.822. The zero-order valence-electron chi connectivity index (χ0n) is 30.8. The quantitative estimate of drug-likeness (QED) is 0.211. The Morgan fingerprint density at radius 3 is 2.62 bits per heavy atom. The number of halogens is 1. The van der Waals surface area contributed by atoms with Gasteiger partial charge < -0.3 is 15.0 Å². The SMILES string of the molecule is CC(C)Oc1cc2nn(C3CN(CC4(F)CCN(c5ccc6c(c5)C(=O)N(C5CCC(=O)NC5=O)C6=O)CC4)C3)cc2cc1NC(=O)c1cnn2cccnc12. The van der Waals surface area contributed by atoms with Gasteiger partial charge in [-0.05, 0) is 50.6 Å². The number of benzene rings is 2. The van der Waals surface area contributed by atoms with Crippen LogP contribution in [-0.4, -0.2) is 114 Å². The number of fused-ring (bicyclic) bond motifs is 3. The van der Waals surface area contributed by atoms with E-state index < -0.39 is 35.3 Å². The van der Waals surface area contributed by atoms with Crippen LogP contribution in [0.4, 0.5) is 15.8 Å². The molecule has 0 saturated carbocycles. The van der Waals surface area contributed by atoms with E-state index in [9.17, 15) is 24.0 Å². The molecular weight excluding hydrogens is 723 g/mol. The average molecular weight is 763 g/mol. The van der Waals surface area contributed by atoms with Crippen LogP contribution in [0.5, 0.6) is 5.75 Å². The van der Waals surface area contributed by atoms with Gasteiger partial charge in [-0.3, -0.25) is 43.8 Å². The lowest BCUT2D eigenvalue weighted by Gasteiger charge is -2.45. The molecule has 7 heterocycles. The first-order valence-electron chi connectivity index (χ1n) is 18.7. The van der Waals surface area contributed by atoms with Crippen molar-refractivity contribution in [3.8, 4) is 5.75 Å². The first-order chi connectivity index (χ1) is 26.9. The summed E-state index contributed by atoms with van der Waals surface area (Å²) in [5.74, 6) is -2.07. The predicted octanol–water partition coefficient (Wildman–Crippen LogP) is 3.39. The summed E-state index contributed by atoms with van der Waals surface area (Å²) in [6, 6.07) is 9.41.